The Kier molecular flexibility index (Phi) is 4.72. The quantitative estimate of drug-likeness (QED) is 0.595. The summed E-state index contributed by atoms with van der Waals surface area (Å²) in [4.78, 5) is 13.3. The van der Waals surface area contributed by atoms with Gasteiger partial charge in [0.2, 0.25) is 0 Å². The second kappa shape index (κ2) is 6.07. The molecule has 0 atom stereocenters. The van der Waals surface area contributed by atoms with Crippen LogP contribution < -0.4 is 0 Å². The number of halogens is 1. The lowest BCUT2D eigenvalue weighted by molar-refractivity contribution is -0.128. The lowest BCUT2D eigenvalue weighted by atomic mass is 10.4. The summed E-state index contributed by atoms with van der Waals surface area (Å²) >= 11 is 5.70. The molecule has 2 heterocycles. The molecular formula is C10H12ClN3O2. The van der Waals surface area contributed by atoms with Crippen molar-refractivity contribution in [2.45, 2.75) is 13.8 Å². The minimum atomic E-state index is 0.431. The number of carbonyl (C=O) groups excluding carboxylic acids is 1. The Labute approximate surface area is 98.0 Å². The summed E-state index contributed by atoms with van der Waals surface area (Å²) in [7, 11) is 0. The first-order valence-electron chi connectivity index (χ1n) is 4.70. The molecule has 0 bridgehead atoms. The first-order chi connectivity index (χ1) is 7.69. The van der Waals surface area contributed by atoms with Crippen LogP contribution in [0.3, 0.4) is 0 Å². The van der Waals surface area contributed by atoms with Crippen molar-refractivity contribution in [3.63, 3.8) is 0 Å². The highest BCUT2D eigenvalue weighted by Crippen LogP contribution is 2.09. The van der Waals surface area contributed by atoms with Crippen LogP contribution in [0.4, 0.5) is 0 Å². The van der Waals surface area contributed by atoms with Crippen molar-refractivity contribution < 1.29 is 9.53 Å². The van der Waals surface area contributed by atoms with E-state index in [4.69, 9.17) is 11.6 Å². The Bertz CT molecular complexity index is 470. The third kappa shape index (κ3) is 3.20. The third-order valence-electron chi connectivity index (χ3n) is 1.75. The predicted molar refractivity (Wildman–Crippen MR) is 60.4 cm³/mol. The van der Waals surface area contributed by atoms with E-state index in [0.717, 1.165) is 11.2 Å². The molecule has 0 unspecified atom stereocenters. The molecule has 2 aromatic heterocycles. The SMILES string of the molecule is CCOC=O.Cc1cnn2ccc(Cl)nc12. The Hall–Kier alpha value is -1.62. The molecule has 86 valence electrons. The second-order valence-corrected chi connectivity index (χ2v) is 3.28. The summed E-state index contributed by atoms with van der Waals surface area (Å²) < 4.78 is 5.85. The highest BCUT2D eigenvalue weighted by Gasteiger charge is 1.99. The van der Waals surface area contributed by atoms with Crippen molar-refractivity contribution in [3.05, 3.63) is 29.2 Å². The number of fused-ring (bicyclic) bond motifs is 1. The van der Waals surface area contributed by atoms with Gasteiger partial charge in [-0.25, -0.2) is 9.50 Å². The summed E-state index contributed by atoms with van der Waals surface area (Å²) in [5, 5.41) is 4.56. The Morgan fingerprint density at radius 3 is 2.94 bits per heavy atom. The number of rotatable bonds is 2. The topological polar surface area (TPSA) is 56.5 Å². The average Bonchev–Trinajstić information content (AvgIpc) is 2.63. The van der Waals surface area contributed by atoms with Gasteiger partial charge in [0.1, 0.15) is 5.15 Å². The Morgan fingerprint density at radius 2 is 2.38 bits per heavy atom. The van der Waals surface area contributed by atoms with Crippen LogP contribution in [0.25, 0.3) is 5.65 Å². The van der Waals surface area contributed by atoms with Gasteiger partial charge < -0.3 is 4.74 Å². The molecule has 0 saturated heterocycles. The molecule has 16 heavy (non-hydrogen) atoms. The molecule has 0 aromatic carbocycles. The largest absolute Gasteiger partial charge is 0.468 e. The summed E-state index contributed by atoms with van der Waals surface area (Å²) in [5.74, 6) is 0. The lowest BCUT2D eigenvalue weighted by Gasteiger charge is -1.92. The second-order valence-electron chi connectivity index (χ2n) is 2.90. The van der Waals surface area contributed by atoms with Gasteiger partial charge >= 0.3 is 0 Å². The third-order valence-corrected chi connectivity index (χ3v) is 1.96. The van der Waals surface area contributed by atoms with Crippen molar-refractivity contribution in [1.82, 2.24) is 14.6 Å². The Morgan fingerprint density at radius 1 is 1.62 bits per heavy atom. The average molecular weight is 242 g/mol. The van der Waals surface area contributed by atoms with E-state index in [1.54, 1.807) is 29.9 Å². The number of hydrogen-bond acceptors (Lipinski definition) is 4. The number of hydrogen-bond donors (Lipinski definition) is 0. The fourth-order valence-corrected chi connectivity index (χ4v) is 1.17. The molecule has 0 aliphatic carbocycles. The number of nitrogens with zero attached hydrogens (tertiary/aromatic N) is 3. The van der Waals surface area contributed by atoms with Gasteiger partial charge in [-0.05, 0) is 19.9 Å². The maximum atomic E-state index is 9.18. The maximum Gasteiger partial charge on any atom is 0.293 e. The van der Waals surface area contributed by atoms with E-state index >= 15 is 0 Å². The predicted octanol–water partition coefficient (Wildman–Crippen LogP) is 1.87. The molecular weight excluding hydrogens is 230 g/mol. The minimum Gasteiger partial charge on any atom is -0.468 e. The van der Waals surface area contributed by atoms with Gasteiger partial charge in [-0.3, -0.25) is 4.79 Å². The van der Waals surface area contributed by atoms with E-state index in [-0.39, 0.29) is 0 Å². The molecule has 0 aliphatic rings. The van der Waals surface area contributed by atoms with Crippen LogP contribution in [0.2, 0.25) is 5.15 Å². The molecule has 0 amide bonds. The summed E-state index contributed by atoms with van der Waals surface area (Å²) in [6, 6.07) is 1.71. The standard InChI is InChI=1S/C7H6ClN3.C3H6O2/c1-5-4-9-11-3-2-6(8)10-7(5)11;1-2-5-3-4/h2-4H,1H3;3H,2H2,1H3. The lowest BCUT2D eigenvalue weighted by Crippen LogP contribution is -1.88. The van der Waals surface area contributed by atoms with Crippen molar-refractivity contribution in [2.75, 3.05) is 6.61 Å². The monoisotopic (exact) mass is 241 g/mol. The highest BCUT2D eigenvalue weighted by molar-refractivity contribution is 6.29. The smallest absolute Gasteiger partial charge is 0.293 e. The Balaban J connectivity index is 0.000000221. The maximum absolute atomic E-state index is 9.18. The normalized spacial score (nSPS) is 9.44. The molecule has 5 nitrogen and oxygen atoms in total. The van der Waals surface area contributed by atoms with Crippen molar-refractivity contribution >= 4 is 23.7 Å². The van der Waals surface area contributed by atoms with Crippen LogP contribution in [-0.2, 0) is 9.53 Å². The summed E-state index contributed by atoms with van der Waals surface area (Å²) in [6.45, 7) is 4.61. The van der Waals surface area contributed by atoms with Crippen molar-refractivity contribution in [3.8, 4) is 0 Å². The van der Waals surface area contributed by atoms with E-state index < -0.39 is 0 Å². The van der Waals surface area contributed by atoms with E-state index in [2.05, 4.69) is 14.8 Å². The number of carbonyl (C=O) groups is 1. The molecule has 2 rings (SSSR count). The molecule has 0 fully saturated rings. The first-order valence-corrected chi connectivity index (χ1v) is 5.08. The van der Waals surface area contributed by atoms with Gasteiger partial charge in [0.25, 0.3) is 6.47 Å². The van der Waals surface area contributed by atoms with Gasteiger partial charge in [0, 0.05) is 11.8 Å². The first kappa shape index (κ1) is 12.4. The van der Waals surface area contributed by atoms with Gasteiger partial charge in [-0.1, -0.05) is 11.6 Å². The van der Waals surface area contributed by atoms with E-state index in [1.165, 1.54) is 0 Å². The molecule has 0 spiro atoms. The van der Waals surface area contributed by atoms with E-state index in [1.807, 2.05) is 6.92 Å². The summed E-state index contributed by atoms with van der Waals surface area (Å²) in [5.41, 5.74) is 1.85. The molecule has 0 aliphatic heterocycles. The zero-order chi connectivity index (χ0) is 12.0. The van der Waals surface area contributed by atoms with Crippen LogP contribution in [0.5, 0.6) is 0 Å². The van der Waals surface area contributed by atoms with Crippen molar-refractivity contribution in [1.29, 1.82) is 0 Å². The van der Waals surface area contributed by atoms with Crippen LogP contribution in [0.1, 0.15) is 12.5 Å². The zero-order valence-electron chi connectivity index (χ0n) is 9.05. The number of aryl methyl sites for hydroxylation is 1. The number of aromatic nitrogens is 3. The highest BCUT2D eigenvalue weighted by atomic mass is 35.5. The fraction of sp³-hybridized carbons (Fsp3) is 0.300. The number of ether oxygens (including phenoxy) is 1. The van der Waals surface area contributed by atoms with Crippen LogP contribution in [0, 0.1) is 6.92 Å². The summed E-state index contributed by atoms with van der Waals surface area (Å²) in [6.07, 6.45) is 3.55. The van der Waals surface area contributed by atoms with Gasteiger partial charge in [0.05, 0.1) is 12.8 Å². The van der Waals surface area contributed by atoms with Gasteiger partial charge in [0.15, 0.2) is 5.65 Å². The van der Waals surface area contributed by atoms with Gasteiger partial charge in [-0.2, -0.15) is 5.10 Å². The minimum absolute atomic E-state index is 0.431. The van der Waals surface area contributed by atoms with E-state index in [9.17, 15) is 4.79 Å². The molecule has 2 aromatic rings. The van der Waals surface area contributed by atoms with Crippen LogP contribution in [0.15, 0.2) is 18.5 Å². The van der Waals surface area contributed by atoms with Crippen LogP contribution >= 0.6 is 11.6 Å². The van der Waals surface area contributed by atoms with Crippen LogP contribution in [-0.4, -0.2) is 27.7 Å². The molecule has 0 radical (unpaired) electrons. The van der Waals surface area contributed by atoms with E-state index in [0.29, 0.717) is 18.2 Å². The molecule has 6 heteroatoms. The zero-order valence-corrected chi connectivity index (χ0v) is 9.81. The van der Waals surface area contributed by atoms with Gasteiger partial charge in [-0.15, -0.1) is 0 Å². The molecule has 0 N–H and O–H groups in total. The fourth-order valence-electron chi connectivity index (χ4n) is 1.03. The molecule has 0 saturated carbocycles. The van der Waals surface area contributed by atoms with Crippen molar-refractivity contribution in [2.24, 2.45) is 0 Å².